The Morgan fingerprint density at radius 1 is 1.36 bits per heavy atom. The van der Waals surface area contributed by atoms with E-state index in [1.54, 1.807) is 0 Å². The number of aliphatic hydroxyl groups is 4. The number of methoxy groups -OCH3 is 1. The van der Waals surface area contributed by atoms with Crippen LogP contribution in [0.4, 0.5) is 5.82 Å². The van der Waals surface area contributed by atoms with Crippen molar-refractivity contribution < 1.29 is 29.9 Å². The number of nitrogens with zero attached hydrogens (tertiary/aromatic N) is 2. The van der Waals surface area contributed by atoms with Gasteiger partial charge in [0, 0.05) is 13.3 Å². The van der Waals surface area contributed by atoms with Gasteiger partial charge in [0.1, 0.15) is 36.3 Å². The summed E-state index contributed by atoms with van der Waals surface area (Å²) < 4.78 is 11.6. The third kappa shape index (κ3) is 2.97. The zero-order chi connectivity index (χ0) is 16.4. The van der Waals surface area contributed by atoms with E-state index in [0.717, 1.165) is 4.57 Å². The Balaban J connectivity index is 2.47. The lowest BCUT2D eigenvalue weighted by atomic mass is 10.0. The molecule has 0 bridgehead atoms. The van der Waals surface area contributed by atoms with Gasteiger partial charge in [0.2, 0.25) is 0 Å². The molecule has 1 saturated heterocycles. The lowest BCUT2D eigenvalue weighted by Crippen LogP contribution is -2.48. The van der Waals surface area contributed by atoms with Crippen molar-refractivity contribution in [1.82, 2.24) is 9.55 Å². The first-order valence-electron chi connectivity index (χ1n) is 6.58. The van der Waals surface area contributed by atoms with Crippen LogP contribution in [-0.4, -0.2) is 74.2 Å². The van der Waals surface area contributed by atoms with Crippen molar-refractivity contribution in [3.8, 4) is 0 Å². The molecule has 1 aliphatic rings. The fourth-order valence-electron chi connectivity index (χ4n) is 2.37. The van der Waals surface area contributed by atoms with Gasteiger partial charge in [-0.05, 0) is 6.07 Å². The maximum Gasteiger partial charge on any atom is 0.351 e. The molecular weight excluding hydrogens is 298 g/mol. The van der Waals surface area contributed by atoms with Gasteiger partial charge in [0.05, 0.1) is 6.61 Å². The molecule has 6 N–H and O–H groups in total. The monoisotopic (exact) mass is 317 g/mol. The molecule has 124 valence electrons. The van der Waals surface area contributed by atoms with Crippen molar-refractivity contribution in [3.63, 3.8) is 0 Å². The van der Waals surface area contributed by atoms with Gasteiger partial charge < -0.3 is 35.6 Å². The number of aromatic nitrogens is 2. The molecular formula is C12H19N3O7. The molecule has 22 heavy (non-hydrogen) atoms. The van der Waals surface area contributed by atoms with E-state index in [1.165, 1.54) is 19.4 Å². The molecule has 10 nitrogen and oxygen atoms in total. The van der Waals surface area contributed by atoms with Gasteiger partial charge in [-0.3, -0.25) is 4.57 Å². The first-order chi connectivity index (χ1) is 10.4. The van der Waals surface area contributed by atoms with E-state index in [1.807, 2.05) is 0 Å². The molecule has 2 heterocycles. The standard InChI is InChI=1S/C12H19N3O7/c1-21-10-9(19)8(18)7(17)5(4-16)22-11(10)15-3-2-6(13)14-12(15)20/h2-3,5,7-11,16-19H,4H2,1H3,(H2,13,14,20)/t5-,7-,8+,9-,10-,11-/m1/s1. The Morgan fingerprint density at radius 2 is 2.05 bits per heavy atom. The highest BCUT2D eigenvalue weighted by Gasteiger charge is 2.46. The highest BCUT2D eigenvalue weighted by molar-refractivity contribution is 5.23. The average Bonchev–Trinajstić information content (AvgIpc) is 2.57. The molecule has 0 unspecified atom stereocenters. The van der Waals surface area contributed by atoms with Crippen LogP contribution in [0.15, 0.2) is 17.1 Å². The molecule has 0 aliphatic carbocycles. The van der Waals surface area contributed by atoms with Crippen molar-refractivity contribution in [2.24, 2.45) is 0 Å². The smallest absolute Gasteiger partial charge is 0.351 e. The Labute approximate surface area is 125 Å². The molecule has 0 saturated carbocycles. The number of hydrogen-bond donors (Lipinski definition) is 5. The second-order valence-corrected chi connectivity index (χ2v) is 4.96. The Kier molecular flexibility index (Phi) is 5.11. The van der Waals surface area contributed by atoms with Crippen molar-refractivity contribution in [2.45, 2.75) is 36.7 Å². The number of nitrogens with two attached hydrogens (primary N) is 1. The topological polar surface area (TPSA) is 160 Å². The van der Waals surface area contributed by atoms with Crippen molar-refractivity contribution in [3.05, 3.63) is 22.7 Å². The molecule has 0 spiro atoms. The third-order valence-electron chi connectivity index (χ3n) is 3.59. The predicted octanol–water partition coefficient (Wildman–Crippen LogP) is -3.19. The highest BCUT2D eigenvalue weighted by Crippen LogP contribution is 2.28. The van der Waals surface area contributed by atoms with Crippen LogP contribution in [0, 0.1) is 0 Å². The zero-order valence-corrected chi connectivity index (χ0v) is 11.8. The number of nitrogen functional groups attached to an aromatic ring is 1. The fourth-order valence-corrected chi connectivity index (χ4v) is 2.37. The molecule has 1 aromatic heterocycles. The summed E-state index contributed by atoms with van der Waals surface area (Å²) in [7, 11) is 1.25. The SMILES string of the molecule is CO[C@@H]1[C@H](O)[C@@H](O)[C@H](O)[C@@H](CO)O[C@H]1n1ccc(N)nc1=O. The molecule has 1 fully saturated rings. The zero-order valence-electron chi connectivity index (χ0n) is 11.8. The lowest BCUT2D eigenvalue weighted by molar-refractivity contribution is -0.161. The number of hydrogen-bond acceptors (Lipinski definition) is 9. The van der Waals surface area contributed by atoms with Gasteiger partial charge in [-0.25, -0.2) is 4.79 Å². The molecule has 6 atom stereocenters. The minimum absolute atomic E-state index is 0.00293. The third-order valence-corrected chi connectivity index (χ3v) is 3.59. The highest BCUT2D eigenvalue weighted by atomic mass is 16.6. The lowest BCUT2D eigenvalue weighted by Gasteiger charge is -2.29. The first kappa shape index (κ1) is 16.8. The summed E-state index contributed by atoms with van der Waals surface area (Å²) in [6.07, 6.45) is -7.06. The minimum atomic E-state index is -1.62. The second-order valence-electron chi connectivity index (χ2n) is 4.96. The van der Waals surface area contributed by atoms with Crippen LogP contribution in [0.1, 0.15) is 6.23 Å². The largest absolute Gasteiger partial charge is 0.394 e. The van der Waals surface area contributed by atoms with Crippen molar-refractivity contribution in [1.29, 1.82) is 0 Å². The molecule has 0 radical (unpaired) electrons. The van der Waals surface area contributed by atoms with Crippen LogP contribution < -0.4 is 11.4 Å². The second kappa shape index (κ2) is 6.69. The quantitative estimate of drug-likeness (QED) is 0.387. The van der Waals surface area contributed by atoms with Crippen LogP contribution in [0.2, 0.25) is 0 Å². The van der Waals surface area contributed by atoms with E-state index in [0.29, 0.717) is 0 Å². The van der Waals surface area contributed by atoms with Gasteiger partial charge in [-0.2, -0.15) is 4.98 Å². The Hall–Kier alpha value is -1.56. The fraction of sp³-hybridized carbons (Fsp3) is 0.667. The first-order valence-corrected chi connectivity index (χ1v) is 6.58. The number of rotatable bonds is 3. The molecule has 2 rings (SSSR count). The van der Waals surface area contributed by atoms with Crippen LogP contribution in [0.3, 0.4) is 0 Å². The van der Waals surface area contributed by atoms with E-state index < -0.39 is 49.0 Å². The number of ether oxygens (including phenoxy) is 2. The summed E-state index contributed by atoms with van der Waals surface area (Å²) in [6.45, 7) is -0.630. The maximum absolute atomic E-state index is 11.9. The van der Waals surface area contributed by atoms with Crippen molar-refractivity contribution >= 4 is 5.82 Å². The molecule has 1 aliphatic heterocycles. The van der Waals surface area contributed by atoms with Crippen molar-refractivity contribution in [2.75, 3.05) is 19.5 Å². The van der Waals surface area contributed by atoms with E-state index in [4.69, 9.17) is 15.2 Å². The van der Waals surface area contributed by atoms with Gasteiger partial charge in [0.15, 0.2) is 6.23 Å². The van der Waals surface area contributed by atoms with Crippen LogP contribution >= 0.6 is 0 Å². The normalized spacial score (nSPS) is 36.0. The van der Waals surface area contributed by atoms with Gasteiger partial charge in [-0.1, -0.05) is 0 Å². The van der Waals surface area contributed by atoms with E-state index in [9.17, 15) is 25.2 Å². The number of aliphatic hydroxyl groups excluding tert-OH is 4. The Bertz CT molecular complexity index is 566. The van der Waals surface area contributed by atoms with Gasteiger partial charge in [0.25, 0.3) is 0 Å². The van der Waals surface area contributed by atoms with Gasteiger partial charge >= 0.3 is 5.69 Å². The summed E-state index contributed by atoms with van der Waals surface area (Å²) >= 11 is 0. The summed E-state index contributed by atoms with van der Waals surface area (Å²) in [4.78, 5) is 15.5. The van der Waals surface area contributed by atoms with E-state index >= 15 is 0 Å². The van der Waals surface area contributed by atoms with Crippen LogP contribution in [0.25, 0.3) is 0 Å². The predicted molar refractivity (Wildman–Crippen MR) is 72.7 cm³/mol. The summed E-state index contributed by atoms with van der Waals surface area (Å²) in [6, 6.07) is 1.34. The van der Waals surface area contributed by atoms with Gasteiger partial charge in [-0.15, -0.1) is 0 Å². The average molecular weight is 317 g/mol. The number of anilines is 1. The summed E-state index contributed by atoms with van der Waals surface area (Å²) in [5.41, 5.74) is 4.65. The molecule has 10 heteroatoms. The molecule has 1 aromatic rings. The van der Waals surface area contributed by atoms with E-state index in [-0.39, 0.29) is 5.82 Å². The maximum atomic E-state index is 11.9. The van der Waals surface area contributed by atoms with E-state index in [2.05, 4.69) is 4.98 Å². The van der Waals surface area contributed by atoms with Crippen LogP contribution in [-0.2, 0) is 9.47 Å². The molecule has 0 amide bonds. The molecule has 0 aromatic carbocycles. The van der Waals surface area contributed by atoms with Crippen LogP contribution in [0.5, 0.6) is 0 Å². The minimum Gasteiger partial charge on any atom is -0.394 e. The summed E-state index contributed by atoms with van der Waals surface area (Å²) in [5.74, 6) is 0.00293. The Morgan fingerprint density at radius 3 is 2.59 bits per heavy atom. The summed E-state index contributed by atoms with van der Waals surface area (Å²) in [5, 5.41) is 39.2.